The quantitative estimate of drug-likeness (QED) is 0.788. The minimum Gasteiger partial charge on any atom is -0.389 e. The van der Waals surface area contributed by atoms with E-state index in [0.29, 0.717) is 11.8 Å². The van der Waals surface area contributed by atoms with Gasteiger partial charge >= 0.3 is 0 Å². The third-order valence-electron chi connectivity index (χ3n) is 4.05. The molecule has 1 aliphatic rings. The van der Waals surface area contributed by atoms with Crippen molar-refractivity contribution in [3.05, 3.63) is 0 Å². The molecular weight excluding hydrogens is 210 g/mol. The van der Waals surface area contributed by atoms with Gasteiger partial charge in [-0.1, -0.05) is 40.0 Å². The summed E-state index contributed by atoms with van der Waals surface area (Å²) in [6, 6.07) is 2.34. The van der Waals surface area contributed by atoms with Crippen molar-refractivity contribution in [2.45, 2.75) is 71.3 Å². The molecule has 2 nitrogen and oxygen atoms in total. The minimum absolute atomic E-state index is 0.164. The molecule has 17 heavy (non-hydrogen) atoms. The van der Waals surface area contributed by atoms with Gasteiger partial charge in [-0.05, 0) is 37.5 Å². The Bertz CT molecular complexity index is 269. The van der Waals surface area contributed by atoms with Gasteiger partial charge in [-0.15, -0.1) is 0 Å². The first-order chi connectivity index (χ1) is 8.01. The Morgan fingerprint density at radius 3 is 2.71 bits per heavy atom. The smallest absolute Gasteiger partial charge is 0.0807 e. The fraction of sp³-hybridized carbons (Fsp3) is 0.933. The van der Waals surface area contributed by atoms with Gasteiger partial charge in [0.2, 0.25) is 0 Å². The minimum atomic E-state index is -0.706. The maximum Gasteiger partial charge on any atom is 0.0807 e. The van der Waals surface area contributed by atoms with E-state index in [0.717, 1.165) is 32.1 Å². The Hall–Kier alpha value is -0.550. The first-order valence-electron chi connectivity index (χ1n) is 7.13. The predicted molar refractivity (Wildman–Crippen MR) is 70.4 cm³/mol. The van der Waals surface area contributed by atoms with Crippen molar-refractivity contribution in [3.8, 4) is 6.07 Å². The highest BCUT2D eigenvalue weighted by atomic mass is 16.3. The first-order valence-corrected chi connectivity index (χ1v) is 7.13. The van der Waals surface area contributed by atoms with Crippen LogP contribution in [-0.4, -0.2) is 10.7 Å². The highest BCUT2D eigenvalue weighted by Crippen LogP contribution is 2.41. The largest absolute Gasteiger partial charge is 0.389 e. The molecule has 2 heteroatoms. The number of nitrogens with zero attached hydrogens (tertiary/aromatic N) is 1. The van der Waals surface area contributed by atoms with Gasteiger partial charge in [0.15, 0.2) is 0 Å². The fourth-order valence-corrected chi connectivity index (χ4v) is 3.33. The molecule has 98 valence electrons. The van der Waals surface area contributed by atoms with Crippen LogP contribution in [0.4, 0.5) is 0 Å². The predicted octanol–water partition coefficient (Wildman–Crippen LogP) is 3.89. The van der Waals surface area contributed by atoms with Crippen LogP contribution in [0.2, 0.25) is 0 Å². The molecule has 0 aromatic rings. The molecule has 3 atom stereocenters. The van der Waals surface area contributed by atoms with Crippen LogP contribution in [0.25, 0.3) is 0 Å². The summed E-state index contributed by atoms with van der Waals surface area (Å²) in [7, 11) is 0. The Balaban J connectivity index is 2.65. The molecule has 1 aliphatic carbocycles. The Labute approximate surface area is 106 Å². The van der Waals surface area contributed by atoms with Crippen molar-refractivity contribution in [1.29, 1.82) is 5.26 Å². The van der Waals surface area contributed by atoms with Crippen molar-refractivity contribution in [2.75, 3.05) is 0 Å². The molecule has 0 aromatic heterocycles. The zero-order chi connectivity index (χ0) is 12.9. The molecule has 3 unspecified atom stereocenters. The summed E-state index contributed by atoms with van der Waals surface area (Å²) in [6.07, 6.45) is 6.97. The second kappa shape index (κ2) is 6.40. The van der Waals surface area contributed by atoms with E-state index in [1.165, 1.54) is 12.8 Å². The van der Waals surface area contributed by atoms with Gasteiger partial charge in [0, 0.05) is 0 Å². The number of rotatable bonds is 5. The van der Waals surface area contributed by atoms with E-state index >= 15 is 0 Å². The zero-order valence-corrected chi connectivity index (χ0v) is 11.6. The van der Waals surface area contributed by atoms with E-state index in [4.69, 9.17) is 0 Å². The Morgan fingerprint density at radius 1 is 1.47 bits per heavy atom. The van der Waals surface area contributed by atoms with Crippen molar-refractivity contribution in [3.63, 3.8) is 0 Å². The molecule has 0 amide bonds. The lowest BCUT2D eigenvalue weighted by molar-refractivity contribution is -0.0529. The monoisotopic (exact) mass is 237 g/mol. The number of hydrogen-bond acceptors (Lipinski definition) is 2. The fourth-order valence-electron chi connectivity index (χ4n) is 3.33. The van der Waals surface area contributed by atoms with Gasteiger partial charge in [-0.3, -0.25) is 0 Å². The molecule has 0 aliphatic heterocycles. The second-order valence-corrected chi connectivity index (χ2v) is 6.17. The van der Waals surface area contributed by atoms with E-state index in [1.54, 1.807) is 0 Å². The van der Waals surface area contributed by atoms with Crippen molar-refractivity contribution < 1.29 is 5.11 Å². The van der Waals surface area contributed by atoms with Gasteiger partial charge in [-0.2, -0.15) is 5.26 Å². The molecule has 1 N–H and O–H groups in total. The van der Waals surface area contributed by atoms with E-state index < -0.39 is 5.60 Å². The molecule has 0 spiro atoms. The third kappa shape index (κ3) is 4.00. The van der Waals surface area contributed by atoms with Crippen LogP contribution < -0.4 is 0 Å². The Morgan fingerprint density at radius 2 is 2.18 bits per heavy atom. The SMILES string of the molecule is CCCC(C#N)C1(O)CCCC(CC(C)C)C1. The normalized spacial score (nSPS) is 31.2. The summed E-state index contributed by atoms with van der Waals surface area (Å²) in [4.78, 5) is 0. The summed E-state index contributed by atoms with van der Waals surface area (Å²) in [5.74, 6) is 1.14. The van der Waals surface area contributed by atoms with Crippen molar-refractivity contribution in [1.82, 2.24) is 0 Å². The van der Waals surface area contributed by atoms with Gasteiger partial charge in [0.05, 0.1) is 17.6 Å². The molecule has 0 bridgehead atoms. The second-order valence-electron chi connectivity index (χ2n) is 6.17. The lowest BCUT2D eigenvalue weighted by Gasteiger charge is -2.40. The first kappa shape index (κ1) is 14.5. The molecular formula is C15H27NO. The highest BCUT2D eigenvalue weighted by molar-refractivity contribution is 5.01. The van der Waals surface area contributed by atoms with E-state index in [-0.39, 0.29) is 5.92 Å². The lowest BCUT2D eigenvalue weighted by Crippen LogP contribution is -2.42. The summed E-state index contributed by atoms with van der Waals surface area (Å²) in [6.45, 7) is 6.56. The summed E-state index contributed by atoms with van der Waals surface area (Å²) in [5, 5.41) is 20.0. The van der Waals surface area contributed by atoms with Gasteiger partial charge < -0.3 is 5.11 Å². The number of hydrogen-bond donors (Lipinski definition) is 1. The average molecular weight is 237 g/mol. The van der Waals surface area contributed by atoms with Crippen LogP contribution in [0.5, 0.6) is 0 Å². The van der Waals surface area contributed by atoms with Crippen LogP contribution >= 0.6 is 0 Å². The molecule has 0 saturated heterocycles. The molecule has 0 heterocycles. The van der Waals surface area contributed by atoms with Gasteiger partial charge in [0.25, 0.3) is 0 Å². The lowest BCUT2D eigenvalue weighted by atomic mass is 9.69. The number of aliphatic hydroxyl groups is 1. The van der Waals surface area contributed by atoms with Gasteiger partial charge in [0.1, 0.15) is 0 Å². The Kier molecular flexibility index (Phi) is 5.46. The van der Waals surface area contributed by atoms with Crippen LogP contribution in [0.15, 0.2) is 0 Å². The zero-order valence-electron chi connectivity index (χ0n) is 11.6. The van der Waals surface area contributed by atoms with Crippen LogP contribution in [0, 0.1) is 29.1 Å². The van der Waals surface area contributed by atoms with Crippen LogP contribution in [0.1, 0.15) is 65.7 Å². The standard InChI is InChI=1S/C15H27NO/c1-4-6-14(11-16)15(17)8-5-7-13(10-15)9-12(2)3/h12-14,17H,4-10H2,1-3H3. The molecule has 1 saturated carbocycles. The third-order valence-corrected chi connectivity index (χ3v) is 4.05. The maximum atomic E-state index is 10.7. The summed E-state index contributed by atoms with van der Waals surface area (Å²) < 4.78 is 0. The molecule has 1 fully saturated rings. The van der Waals surface area contributed by atoms with Gasteiger partial charge in [-0.25, -0.2) is 0 Å². The summed E-state index contributed by atoms with van der Waals surface area (Å²) in [5.41, 5.74) is -0.706. The van der Waals surface area contributed by atoms with Crippen molar-refractivity contribution >= 4 is 0 Å². The average Bonchev–Trinajstić information content (AvgIpc) is 2.24. The molecule has 1 rings (SSSR count). The highest BCUT2D eigenvalue weighted by Gasteiger charge is 2.40. The van der Waals surface area contributed by atoms with Crippen molar-refractivity contribution in [2.24, 2.45) is 17.8 Å². The van der Waals surface area contributed by atoms with E-state index in [1.807, 2.05) is 0 Å². The summed E-state index contributed by atoms with van der Waals surface area (Å²) >= 11 is 0. The topological polar surface area (TPSA) is 44.0 Å². The van der Waals surface area contributed by atoms with Crippen LogP contribution in [0.3, 0.4) is 0 Å². The number of nitriles is 1. The van der Waals surface area contributed by atoms with Crippen LogP contribution in [-0.2, 0) is 0 Å². The van der Waals surface area contributed by atoms with E-state index in [2.05, 4.69) is 26.8 Å². The molecule has 0 aromatic carbocycles. The molecule has 0 radical (unpaired) electrons. The van der Waals surface area contributed by atoms with E-state index in [9.17, 15) is 10.4 Å². The maximum absolute atomic E-state index is 10.7.